The van der Waals surface area contributed by atoms with Crippen molar-refractivity contribution in [3.63, 3.8) is 0 Å². The van der Waals surface area contributed by atoms with E-state index < -0.39 is 0 Å². The van der Waals surface area contributed by atoms with Crippen LogP contribution < -0.4 is 0 Å². The molecular formula is C15H24O. The Bertz CT molecular complexity index is 287. The van der Waals surface area contributed by atoms with Gasteiger partial charge in [0.05, 0.1) is 6.10 Å². The molecule has 1 aromatic carbocycles. The summed E-state index contributed by atoms with van der Waals surface area (Å²) < 4.78 is 0. The van der Waals surface area contributed by atoms with Crippen LogP contribution in [-0.2, 0) is 6.42 Å². The molecule has 0 aliphatic heterocycles. The molecule has 1 rings (SSSR count). The Hall–Kier alpha value is -0.820. The van der Waals surface area contributed by atoms with Gasteiger partial charge in [0, 0.05) is 0 Å². The highest BCUT2D eigenvalue weighted by Gasteiger charge is 2.08. The molecule has 0 aliphatic carbocycles. The van der Waals surface area contributed by atoms with Gasteiger partial charge in [-0.2, -0.15) is 0 Å². The third kappa shape index (κ3) is 4.36. The zero-order valence-corrected chi connectivity index (χ0v) is 10.7. The largest absolute Gasteiger partial charge is 0.388 e. The second-order valence-corrected chi connectivity index (χ2v) is 4.98. The fourth-order valence-corrected chi connectivity index (χ4v) is 1.85. The normalized spacial score (nSPS) is 13.1. The highest BCUT2D eigenvalue weighted by atomic mass is 16.3. The van der Waals surface area contributed by atoms with Crippen molar-refractivity contribution in [1.82, 2.24) is 0 Å². The topological polar surface area (TPSA) is 20.2 Å². The standard InChI is InChI=1S/C15H24O/c1-4-5-13-7-9-14(10-8-13)15(16)11-6-12(2)3/h7-10,12,15-16H,4-6,11H2,1-3H3. The summed E-state index contributed by atoms with van der Waals surface area (Å²) in [5.41, 5.74) is 2.42. The van der Waals surface area contributed by atoms with E-state index in [-0.39, 0.29) is 6.10 Å². The number of hydrogen-bond acceptors (Lipinski definition) is 1. The van der Waals surface area contributed by atoms with Crippen LogP contribution in [0.2, 0.25) is 0 Å². The van der Waals surface area contributed by atoms with Gasteiger partial charge >= 0.3 is 0 Å². The van der Waals surface area contributed by atoms with E-state index in [1.807, 2.05) is 0 Å². The lowest BCUT2D eigenvalue weighted by atomic mass is 9.98. The van der Waals surface area contributed by atoms with E-state index in [9.17, 15) is 5.11 Å². The molecule has 0 bridgehead atoms. The summed E-state index contributed by atoms with van der Waals surface area (Å²) in [6, 6.07) is 8.40. The van der Waals surface area contributed by atoms with Crippen LogP contribution in [0.3, 0.4) is 0 Å². The highest BCUT2D eigenvalue weighted by Crippen LogP contribution is 2.21. The van der Waals surface area contributed by atoms with Gasteiger partial charge in [0.15, 0.2) is 0 Å². The number of benzene rings is 1. The summed E-state index contributed by atoms with van der Waals surface area (Å²) in [5.74, 6) is 0.661. The van der Waals surface area contributed by atoms with Gasteiger partial charge in [0.25, 0.3) is 0 Å². The van der Waals surface area contributed by atoms with Crippen molar-refractivity contribution in [2.24, 2.45) is 5.92 Å². The van der Waals surface area contributed by atoms with Crippen LogP contribution in [0.15, 0.2) is 24.3 Å². The van der Waals surface area contributed by atoms with Crippen LogP contribution in [-0.4, -0.2) is 5.11 Å². The van der Waals surface area contributed by atoms with E-state index in [1.54, 1.807) is 0 Å². The van der Waals surface area contributed by atoms with Gasteiger partial charge in [-0.3, -0.25) is 0 Å². The molecule has 90 valence electrons. The molecule has 1 aromatic rings. The van der Waals surface area contributed by atoms with Gasteiger partial charge in [0.1, 0.15) is 0 Å². The molecular weight excluding hydrogens is 196 g/mol. The van der Waals surface area contributed by atoms with Gasteiger partial charge in [-0.1, -0.05) is 51.5 Å². The first-order valence-corrected chi connectivity index (χ1v) is 6.40. The van der Waals surface area contributed by atoms with Gasteiger partial charge in [-0.15, -0.1) is 0 Å². The van der Waals surface area contributed by atoms with E-state index >= 15 is 0 Å². The highest BCUT2D eigenvalue weighted by molar-refractivity contribution is 5.24. The van der Waals surface area contributed by atoms with E-state index in [2.05, 4.69) is 45.0 Å². The molecule has 1 nitrogen and oxygen atoms in total. The third-order valence-corrected chi connectivity index (χ3v) is 2.92. The number of aliphatic hydroxyl groups is 1. The minimum atomic E-state index is -0.293. The van der Waals surface area contributed by atoms with E-state index in [0.717, 1.165) is 24.8 Å². The van der Waals surface area contributed by atoms with Crippen molar-refractivity contribution in [2.75, 3.05) is 0 Å². The van der Waals surface area contributed by atoms with E-state index in [0.29, 0.717) is 5.92 Å². The molecule has 0 saturated carbocycles. The molecule has 1 unspecified atom stereocenters. The van der Waals surface area contributed by atoms with Crippen molar-refractivity contribution in [3.05, 3.63) is 35.4 Å². The number of rotatable bonds is 6. The average molecular weight is 220 g/mol. The van der Waals surface area contributed by atoms with Crippen molar-refractivity contribution in [1.29, 1.82) is 0 Å². The first kappa shape index (κ1) is 13.2. The summed E-state index contributed by atoms with van der Waals surface area (Å²) in [5, 5.41) is 9.99. The Morgan fingerprint density at radius 1 is 1.06 bits per heavy atom. The van der Waals surface area contributed by atoms with E-state index in [1.165, 1.54) is 12.0 Å². The molecule has 1 N–H and O–H groups in total. The quantitative estimate of drug-likeness (QED) is 0.765. The first-order valence-electron chi connectivity index (χ1n) is 6.40. The molecule has 0 aromatic heterocycles. The van der Waals surface area contributed by atoms with Crippen LogP contribution in [0, 0.1) is 5.92 Å². The summed E-state index contributed by atoms with van der Waals surface area (Å²) in [7, 11) is 0. The smallest absolute Gasteiger partial charge is 0.0790 e. The first-order chi connectivity index (χ1) is 7.63. The van der Waals surface area contributed by atoms with Crippen molar-refractivity contribution >= 4 is 0 Å². The zero-order valence-electron chi connectivity index (χ0n) is 10.7. The van der Waals surface area contributed by atoms with E-state index in [4.69, 9.17) is 0 Å². The second kappa shape index (κ2) is 6.70. The molecule has 0 amide bonds. The van der Waals surface area contributed by atoms with Gasteiger partial charge < -0.3 is 5.11 Å². The van der Waals surface area contributed by atoms with Crippen LogP contribution >= 0.6 is 0 Å². The maximum absolute atomic E-state index is 9.99. The van der Waals surface area contributed by atoms with Crippen LogP contribution in [0.5, 0.6) is 0 Å². The number of aryl methyl sites for hydroxylation is 1. The second-order valence-electron chi connectivity index (χ2n) is 4.98. The molecule has 0 fully saturated rings. The molecule has 0 radical (unpaired) electrons. The SMILES string of the molecule is CCCc1ccc(C(O)CCC(C)C)cc1. The lowest BCUT2D eigenvalue weighted by Crippen LogP contribution is -2.00. The van der Waals surface area contributed by atoms with Gasteiger partial charge in [0.2, 0.25) is 0 Å². The van der Waals surface area contributed by atoms with Crippen LogP contribution in [0.25, 0.3) is 0 Å². The fraction of sp³-hybridized carbons (Fsp3) is 0.600. The zero-order chi connectivity index (χ0) is 12.0. The fourth-order valence-electron chi connectivity index (χ4n) is 1.85. The molecule has 0 saturated heterocycles. The van der Waals surface area contributed by atoms with Gasteiger partial charge in [-0.05, 0) is 36.3 Å². The maximum atomic E-state index is 9.99. The number of hydrogen-bond donors (Lipinski definition) is 1. The minimum Gasteiger partial charge on any atom is -0.388 e. The predicted molar refractivity (Wildman–Crippen MR) is 69.5 cm³/mol. The summed E-state index contributed by atoms with van der Waals surface area (Å²) in [6.45, 7) is 6.57. The Labute approximate surface area is 99.5 Å². The Morgan fingerprint density at radius 2 is 1.69 bits per heavy atom. The molecule has 1 atom stereocenters. The monoisotopic (exact) mass is 220 g/mol. The maximum Gasteiger partial charge on any atom is 0.0790 e. The van der Waals surface area contributed by atoms with Gasteiger partial charge in [-0.25, -0.2) is 0 Å². The van der Waals surface area contributed by atoms with Crippen LogP contribution in [0.1, 0.15) is 57.3 Å². The summed E-state index contributed by atoms with van der Waals surface area (Å²) in [4.78, 5) is 0. The Balaban J connectivity index is 2.52. The Morgan fingerprint density at radius 3 is 2.19 bits per heavy atom. The Kier molecular flexibility index (Phi) is 5.54. The lowest BCUT2D eigenvalue weighted by molar-refractivity contribution is 0.159. The van der Waals surface area contributed by atoms with Crippen molar-refractivity contribution in [3.8, 4) is 0 Å². The molecule has 0 heterocycles. The average Bonchev–Trinajstić information content (AvgIpc) is 2.27. The molecule has 0 spiro atoms. The summed E-state index contributed by atoms with van der Waals surface area (Å²) in [6.07, 6.45) is 3.96. The lowest BCUT2D eigenvalue weighted by Gasteiger charge is -2.13. The van der Waals surface area contributed by atoms with Crippen molar-refractivity contribution < 1.29 is 5.11 Å². The van der Waals surface area contributed by atoms with Crippen molar-refractivity contribution in [2.45, 2.75) is 52.6 Å². The minimum absolute atomic E-state index is 0.293. The molecule has 0 aliphatic rings. The van der Waals surface area contributed by atoms with Crippen LogP contribution in [0.4, 0.5) is 0 Å². The third-order valence-electron chi connectivity index (χ3n) is 2.92. The molecule has 16 heavy (non-hydrogen) atoms. The predicted octanol–water partition coefficient (Wildman–Crippen LogP) is 4.11. The molecule has 1 heteroatoms. The number of aliphatic hydroxyl groups excluding tert-OH is 1. The summed E-state index contributed by atoms with van der Waals surface area (Å²) >= 11 is 0.